The molecule has 3 N–H and O–H groups in total. The molecule has 1 aliphatic rings. The highest BCUT2D eigenvalue weighted by Gasteiger charge is 2.33. The molecular weight excluding hydrogens is 486 g/mol. The van der Waals surface area contributed by atoms with Crippen molar-refractivity contribution < 1.29 is 23.8 Å². The molecule has 1 unspecified atom stereocenters. The van der Waals surface area contributed by atoms with Gasteiger partial charge in [0.15, 0.2) is 5.75 Å². The molecule has 2 heterocycles. The number of ether oxygens (including phenoxy) is 1. The topological polar surface area (TPSA) is 138 Å². The Bertz CT molecular complexity index is 1350. The first-order valence-electron chi connectivity index (χ1n) is 11.4. The van der Waals surface area contributed by atoms with E-state index in [1.54, 1.807) is 11.8 Å². The number of likely N-dealkylation sites (N-methyl/N-ethyl adjacent to an activating group) is 1. The summed E-state index contributed by atoms with van der Waals surface area (Å²) in [6.07, 6.45) is 1.98. The number of nitrogens with one attached hydrogen (secondary N) is 2. The number of rotatable bonds is 9. The highest BCUT2D eigenvalue weighted by molar-refractivity contribution is 8.00. The van der Waals surface area contributed by atoms with Crippen molar-refractivity contribution >= 4 is 40.7 Å². The molecule has 36 heavy (non-hydrogen) atoms. The Labute approximate surface area is 211 Å². The van der Waals surface area contributed by atoms with Crippen LogP contribution in [0.3, 0.4) is 0 Å². The predicted molar refractivity (Wildman–Crippen MR) is 137 cm³/mol. The van der Waals surface area contributed by atoms with Crippen LogP contribution >= 0.6 is 11.8 Å². The normalized spacial score (nSPS) is 16.0. The van der Waals surface area contributed by atoms with Crippen LogP contribution in [-0.4, -0.2) is 53.6 Å². The minimum atomic E-state index is -0.732. The number of methoxy groups -OCH3 is 1. The lowest BCUT2D eigenvalue weighted by Crippen LogP contribution is -2.38. The van der Waals surface area contributed by atoms with Gasteiger partial charge in [0.2, 0.25) is 0 Å². The lowest BCUT2D eigenvalue weighted by Gasteiger charge is -2.25. The van der Waals surface area contributed by atoms with E-state index in [9.17, 15) is 24.3 Å². The molecule has 1 aliphatic heterocycles. The van der Waals surface area contributed by atoms with Crippen LogP contribution in [0.5, 0.6) is 5.75 Å². The number of hydrogen-bond donors (Lipinski definition) is 3. The van der Waals surface area contributed by atoms with Crippen LogP contribution in [0.2, 0.25) is 0 Å². The van der Waals surface area contributed by atoms with Gasteiger partial charge in [0.1, 0.15) is 29.4 Å². The van der Waals surface area contributed by atoms with Crippen molar-refractivity contribution in [1.82, 2.24) is 4.90 Å². The molecule has 1 saturated heterocycles. The van der Waals surface area contributed by atoms with Gasteiger partial charge in [0, 0.05) is 12.3 Å². The molecule has 1 aromatic heterocycles. The number of aryl methyl sites for hydroxylation is 1. The number of carbonyl (C=O) groups excluding carboxylic acids is 2. The zero-order valence-electron chi connectivity index (χ0n) is 20.1. The van der Waals surface area contributed by atoms with Gasteiger partial charge in [-0.05, 0) is 49.8 Å². The lowest BCUT2D eigenvalue weighted by molar-refractivity contribution is -0.141. The molecule has 0 spiro atoms. The first-order chi connectivity index (χ1) is 17.2. The number of aromatic hydroxyl groups is 1. The number of benzene rings is 1. The number of furan rings is 1. The fourth-order valence-corrected chi connectivity index (χ4v) is 5.49. The summed E-state index contributed by atoms with van der Waals surface area (Å²) < 4.78 is 10.4. The quantitative estimate of drug-likeness (QED) is 0.222. The number of phenolic OH excluding ortho intramolecular Hbond substituents is 1. The molecule has 2 aromatic carbocycles. The molecule has 10 nitrogen and oxygen atoms in total. The third-order valence-corrected chi connectivity index (χ3v) is 7.54. The Morgan fingerprint density at radius 1 is 1.22 bits per heavy atom. The maximum absolute atomic E-state index is 12.7. The van der Waals surface area contributed by atoms with Crippen molar-refractivity contribution in [3.63, 3.8) is 0 Å². The second-order valence-corrected chi connectivity index (χ2v) is 9.94. The molecule has 1 amide bonds. The number of hydrogen-bond acceptors (Lipinski definition) is 10. The van der Waals surface area contributed by atoms with Gasteiger partial charge >= 0.3 is 5.97 Å². The molecule has 0 bridgehead atoms. The van der Waals surface area contributed by atoms with E-state index in [2.05, 4.69) is 15.4 Å². The smallest absolute Gasteiger partial charge is 0.325 e. The Morgan fingerprint density at radius 2 is 1.97 bits per heavy atom. The van der Waals surface area contributed by atoms with E-state index in [4.69, 9.17) is 4.42 Å². The highest BCUT2D eigenvalue weighted by atomic mass is 32.2. The maximum Gasteiger partial charge on any atom is 0.325 e. The van der Waals surface area contributed by atoms with Crippen LogP contribution in [-0.2, 0) is 9.53 Å². The van der Waals surface area contributed by atoms with Gasteiger partial charge in [-0.25, -0.2) is 0 Å². The average Bonchev–Trinajstić information content (AvgIpc) is 3.56. The Hall–Kier alpha value is -3.73. The minimum Gasteiger partial charge on any atom is -0.505 e. The Morgan fingerprint density at radius 3 is 2.61 bits per heavy atom. The summed E-state index contributed by atoms with van der Waals surface area (Å²) in [6, 6.07) is 7.78. The summed E-state index contributed by atoms with van der Waals surface area (Å²) in [6.45, 7) is 1.54. The van der Waals surface area contributed by atoms with Gasteiger partial charge < -0.3 is 29.8 Å². The molecule has 2 atom stereocenters. The van der Waals surface area contributed by atoms with Crippen LogP contribution in [0.25, 0.3) is 0 Å². The first-order valence-corrected chi connectivity index (χ1v) is 12.4. The average molecular weight is 514 g/mol. The maximum atomic E-state index is 12.7. The number of amides is 1. The fourth-order valence-electron chi connectivity index (χ4n) is 4.12. The molecule has 3 aromatic rings. The molecule has 4 rings (SSSR count). The summed E-state index contributed by atoms with van der Waals surface area (Å²) in [5.41, 5.74) is -1.30. The summed E-state index contributed by atoms with van der Waals surface area (Å²) in [5.74, 6) is 0.778. The van der Waals surface area contributed by atoms with Crippen molar-refractivity contribution in [1.29, 1.82) is 0 Å². The van der Waals surface area contributed by atoms with E-state index in [0.717, 1.165) is 29.3 Å². The van der Waals surface area contributed by atoms with Gasteiger partial charge in [-0.2, -0.15) is 11.8 Å². The van der Waals surface area contributed by atoms with Crippen LogP contribution in [0.1, 0.15) is 40.8 Å². The monoisotopic (exact) mass is 513 g/mol. The Kier molecular flexibility index (Phi) is 7.39. The SMILES string of the molecule is COC(=O)CN(C)C(=O)c1cccc(Nc2c(N[C@@H](c3ccc(C)o3)C3CCCS3)c(=O)c2=O)c1O. The van der Waals surface area contributed by atoms with Gasteiger partial charge in [-0.15, -0.1) is 0 Å². The number of carbonyl (C=O) groups is 2. The second-order valence-electron chi connectivity index (χ2n) is 8.59. The Balaban J connectivity index is 1.59. The van der Waals surface area contributed by atoms with Gasteiger partial charge in [0.25, 0.3) is 16.8 Å². The van der Waals surface area contributed by atoms with Gasteiger partial charge in [-0.3, -0.25) is 19.2 Å². The van der Waals surface area contributed by atoms with E-state index in [0.29, 0.717) is 5.76 Å². The van der Waals surface area contributed by atoms with Crippen molar-refractivity contribution in [2.75, 3.05) is 37.1 Å². The van der Waals surface area contributed by atoms with Crippen LogP contribution in [0, 0.1) is 6.92 Å². The summed E-state index contributed by atoms with van der Waals surface area (Å²) >= 11 is 1.78. The van der Waals surface area contributed by atoms with Crippen LogP contribution < -0.4 is 21.5 Å². The summed E-state index contributed by atoms with van der Waals surface area (Å²) in [7, 11) is 2.61. The van der Waals surface area contributed by atoms with Crippen molar-refractivity contribution in [2.24, 2.45) is 0 Å². The van der Waals surface area contributed by atoms with Gasteiger partial charge in [-0.1, -0.05) is 6.07 Å². The lowest BCUT2D eigenvalue weighted by atomic mass is 10.0. The number of nitrogens with zero attached hydrogens (tertiary/aromatic N) is 1. The van der Waals surface area contributed by atoms with Gasteiger partial charge in [0.05, 0.1) is 24.4 Å². The minimum absolute atomic E-state index is 0.000843. The third-order valence-electron chi connectivity index (χ3n) is 6.08. The first kappa shape index (κ1) is 25.4. The van der Waals surface area contributed by atoms with Crippen LogP contribution in [0.15, 0.2) is 44.3 Å². The number of thioether (sulfide) groups is 1. The molecule has 0 aliphatic carbocycles. The summed E-state index contributed by atoms with van der Waals surface area (Å²) in [4.78, 5) is 50.3. The highest BCUT2D eigenvalue weighted by Crippen LogP contribution is 2.40. The van der Waals surface area contributed by atoms with E-state index in [1.807, 2.05) is 19.1 Å². The number of para-hydroxylation sites is 1. The van der Waals surface area contributed by atoms with E-state index in [-0.39, 0.29) is 40.5 Å². The summed E-state index contributed by atoms with van der Waals surface area (Å²) in [5, 5.41) is 16.9. The molecule has 0 radical (unpaired) electrons. The molecule has 0 saturated carbocycles. The van der Waals surface area contributed by atoms with E-state index in [1.165, 1.54) is 32.4 Å². The van der Waals surface area contributed by atoms with E-state index >= 15 is 0 Å². The van der Waals surface area contributed by atoms with Crippen molar-refractivity contribution in [3.8, 4) is 5.75 Å². The van der Waals surface area contributed by atoms with Crippen molar-refractivity contribution in [3.05, 3.63) is 67.9 Å². The van der Waals surface area contributed by atoms with E-state index < -0.39 is 28.5 Å². The standard InChI is InChI=1S/C25H27N3O7S/c1-13-9-10-16(35-13)19(17-8-5-11-36-17)27-21-20(23(31)24(21)32)26-15-7-4-6-14(22(15)30)25(33)28(2)12-18(29)34-3/h4,6-7,9-10,17,19,26-27,30H,5,8,11-12H2,1-3H3/t17?,19-/m0/s1. The van der Waals surface area contributed by atoms with Crippen LogP contribution in [0.4, 0.5) is 17.1 Å². The second kappa shape index (κ2) is 10.5. The third kappa shape index (κ3) is 4.97. The molecular formula is C25H27N3O7S. The fraction of sp³-hybridized carbons (Fsp3) is 0.360. The van der Waals surface area contributed by atoms with Crippen molar-refractivity contribution in [2.45, 2.75) is 31.1 Å². The molecule has 190 valence electrons. The number of phenols is 1. The molecule has 1 fully saturated rings. The number of anilines is 3. The zero-order valence-corrected chi connectivity index (χ0v) is 20.9. The largest absolute Gasteiger partial charge is 0.505 e. The number of esters is 1. The molecule has 11 heteroatoms. The predicted octanol–water partition coefficient (Wildman–Crippen LogP) is 2.93. The zero-order chi connectivity index (χ0) is 26.0.